The molecule has 1 amide bonds. The van der Waals surface area contributed by atoms with E-state index in [1.165, 1.54) is 6.07 Å². The number of halogens is 1. The summed E-state index contributed by atoms with van der Waals surface area (Å²) in [5, 5.41) is 2.81. The van der Waals surface area contributed by atoms with Crippen LogP contribution in [0.1, 0.15) is 23.7 Å². The smallest absolute Gasteiger partial charge is 0.257 e. The van der Waals surface area contributed by atoms with Gasteiger partial charge in [0.25, 0.3) is 5.91 Å². The fourth-order valence-electron chi connectivity index (χ4n) is 2.09. The van der Waals surface area contributed by atoms with Crippen molar-refractivity contribution < 1.29 is 9.18 Å². The number of likely N-dealkylation sites (tertiary alicyclic amines) is 1. The van der Waals surface area contributed by atoms with E-state index >= 15 is 0 Å². The average Bonchev–Trinajstić information content (AvgIpc) is 2.75. The monoisotopic (exact) mass is 237 g/mol. The first-order valence-electron chi connectivity index (χ1n) is 5.74. The lowest BCUT2D eigenvalue weighted by Crippen LogP contribution is -2.29. The van der Waals surface area contributed by atoms with Gasteiger partial charge in [0.15, 0.2) is 0 Å². The van der Waals surface area contributed by atoms with E-state index in [0.717, 1.165) is 25.7 Å². The van der Waals surface area contributed by atoms with Crippen LogP contribution in [0.5, 0.6) is 0 Å². The minimum Gasteiger partial charge on any atom is -0.372 e. The maximum absolute atomic E-state index is 13.1. The molecule has 2 rings (SSSR count). The van der Waals surface area contributed by atoms with Crippen molar-refractivity contribution in [3.63, 3.8) is 0 Å². The standard InChI is InChI=1S/C12H16FN3O/c1-8-3-4-16(7-8)12(17)10-5-9(13)6-15-11(10)14-2/h5-6,8H,3-4,7H2,1-2H3,(H,14,15). The molecular formula is C12H16FN3O. The van der Waals surface area contributed by atoms with Crippen LogP contribution >= 0.6 is 0 Å². The highest BCUT2D eigenvalue weighted by Crippen LogP contribution is 2.21. The molecule has 0 aliphatic carbocycles. The second-order valence-electron chi connectivity index (χ2n) is 4.44. The topological polar surface area (TPSA) is 45.2 Å². The third-order valence-corrected chi connectivity index (χ3v) is 3.03. The quantitative estimate of drug-likeness (QED) is 0.852. The summed E-state index contributed by atoms with van der Waals surface area (Å²) >= 11 is 0. The molecule has 1 N–H and O–H groups in total. The predicted molar refractivity (Wildman–Crippen MR) is 63.4 cm³/mol. The summed E-state index contributed by atoms with van der Waals surface area (Å²) in [4.78, 5) is 17.8. The number of rotatable bonds is 2. The largest absolute Gasteiger partial charge is 0.372 e. The minimum atomic E-state index is -0.486. The highest BCUT2D eigenvalue weighted by Gasteiger charge is 2.26. The molecule has 4 nitrogen and oxygen atoms in total. The SMILES string of the molecule is CNc1ncc(F)cc1C(=O)N1CCC(C)C1. The number of nitrogens with one attached hydrogen (secondary N) is 1. The molecule has 0 bridgehead atoms. The summed E-state index contributed by atoms with van der Waals surface area (Å²) in [6, 6.07) is 1.24. The molecule has 92 valence electrons. The maximum Gasteiger partial charge on any atom is 0.257 e. The zero-order valence-corrected chi connectivity index (χ0v) is 10.0. The molecule has 0 aromatic carbocycles. The molecule has 1 saturated heterocycles. The normalized spacial score (nSPS) is 19.5. The van der Waals surface area contributed by atoms with Crippen LogP contribution in [0.25, 0.3) is 0 Å². The first-order chi connectivity index (χ1) is 8.11. The third-order valence-electron chi connectivity index (χ3n) is 3.03. The number of hydrogen-bond donors (Lipinski definition) is 1. The first kappa shape index (κ1) is 11.8. The number of nitrogens with zero attached hydrogens (tertiary/aromatic N) is 2. The zero-order chi connectivity index (χ0) is 12.4. The van der Waals surface area contributed by atoms with E-state index in [4.69, 9.17) is 0 Å². The average molecular weight is 237 g/mol. The van der Waals surface area contributed by atoms with E-state index in [-0.39, 0.29) is 5.91 Å². The Balaban J connectivity index is 2.26. The van der Waals surface area contributed by atoms with Crippen LogP contribution < -0.4 is 5.32 Å². The predicted octanol–water partition coefficient (Wildman–Crippen LogP) is 1.74. The molecule has 0 spiro atoms. The van der Waals surface area contributed by atoms with Gasteiger partial charge in [-0.25, -0.2) is 9.37 Å². The fraction of sp³-hybridized carbons (Fsp3) is 0.500. The molecule has 1 fully saturated rings. The molecule has 0 radical (unpaired) electrons. The lowest BCUT2D eigenvalue weighted by atomic mass is 10.2. The second-order valence-corrected chi connectivity index (χ2v) is 4.44. The number of pyridine rings is 1. The molecule has 1 aliphatic heterocycles. The van der Waals surface area contributed by atoms with Crippen LogP contribution in [0.15, 0.2) is 12.3 Å². The van der Waals surface area contributed by atoms with Crippen LogP contribution in [0, 0.1) is 11.7 Å². The van der Waals surface area contributed by atoms with Gasteiger partial charge in [-0.2, -0.15) is 0 Å². The minimum absolute atomic E-state index is 0.147. The van der Waals surface area contributed by atoms with Crippen LogP contribution in [-0.4, -0.2) is 35.9 Å². The summed E-state index contributed by atoms with van der Waals surface area (Å²) in [5.74, 6) is 0.305. The molecule has 0 saturated carbocycles. The van der Waals surface area contributed by atoms with E-state index < -0.39 is 5.82 Å². The summed E-state index contributed by atoms with van der Waals surface area (Å²) in [5.41, 5.74) is 0.307. The number of aromatic nitrogens is 1. The summed E-state index contributed by atoms with van der Waals surface area (Å²) in [6.45, 7) is 3.58. The van der Waals surface area contributed by atoms with E-state index in [2.05, 4.69) is 17.2 Å². The Bertz CT molecular complexity index is 436. The van der Waals surface area contributed by atoms with Gasteiger partial charge >= 0.3 is 0 Å². The van der Waals surface area contributed by atoms with Crippen molar-refractivity contribution >= 4 is 11.7 Å². The van der Waals surface area contributed by atoms with Crippen LogP contribution in [0.4, 0.5) is 10.2 Å². The Kier molecular flexibility index (Phi) is 3.26. The van der Waals surface area contributed by atoms with Gasteiger partial charge in [-0.1, -0.05) is 6.92 Å². The molecule has 17 heavy (non-hydrogen) atoms. The van der Waals surface area contributed by atoms with E-state index in [9.17, 15) is 9.18 Å². The molecule has 1 atom stereocenters. The second kappa shape index (κ2) is 4.69. The van der Waals surface area contributed by atoms with Crippen molar-refractivity contribution in [2.75, 3.05) is 25.5 Å². The van der Waals surface area contributed by atoms with Crippen molar-refractivity contribution in [1.82, 2.24) is 9.88 Å². The van der Waals surface area contributed by atoms with E-state index in [0.29, 0.717) is 17.3 Å². The lowest BCUT2D eigenvalue weighted by molar-refractivity contribution is 0.0788. The molecule has 2 heterocycles. The molecular weight excluding hydrogens is 221 g/mol. The van der Waals surface area contributed by atoms with Crippen LogP contribution in [0.2, 0.25) is 0 Å². The van der Waals surface area contributed by atoms with Crippen LogP contribution in [0.3, 0.4) is 0 Å². The maximum atomic E-state index is 13.1. The zero-order valence-electron chi connectivity index (χ0n) is 10.0. The van der Waals surface area contributed by atoms with Gasteiger partial charge in [0.05, 0.1) is 11.8 Å². The fourth-order valence-corrected chi connectivity index (χ4v) is 2.09. The molecule has 1 aromatic heterocycles. The molecule has 1 aromatic rings. The summed E-state index contributed by atoms with van der Waals surface area (Å²) in [6.07, 6.45) is 2.11. The lowest BCUT2D eigenvalue weighted by Gasteiger charge is -2.17. The van der Waals surface area contributed by atoms with E-state index in [1.54, 1.807) is 11.9 Å². The van der Waals surface area contributed by atoms with Gasteiger partial charge in [-0.3, -0.25) is 4.79 Å². The third kappa shape index (κ3) is 2.38. The molecule has 1 aliphatic rings. The Labute approximate surface area is 99.8 Å². The van der Waals surface area contributed by atoms with Crippen molar-refractivity contribution in [1.29, 1.82) is 0 Å². The molecule has 5 heteroatoms. The number of amides is 1. The Morgan fingerprint density at radius 2 is 2.41 bits per heavy atom. The summed E-state index contributed by atoms with van der Waals surface area (Å²) in [7, 11) is 1.67. The number of hydrogen-bond acceptors (Lipinski definition) is 3. The van der Waals surface area contributed by atoms with Gasteiger partial charge < -0.3 is 10.2 Å². The Morgan fingerprint density at radius 3 is 3.00 bits per heavy atom. The summed E-state index contributed by atoms with van der Waals surface area (Å²) < 4.78 is 13.1. The number of carbonyl (C=O) groups excluding carboxylic acids is 1. The van der Waals surface area contributed by atoms with Gasteiger partial charge in [0.1, 0.15) is 11.6 Å². The van der Waals surface area contributed by atoms with Crippen molar-refractivity contribution in [3.8, 4) is 0 Å². The number of anilines is 1. The first-order valence-corrected chi connectivity index (χ1v) is 5.74. The highest BCUT2D eigenvalue weighted by molar-refractivity contribution is 5.98. The molecule has 1 unspecified atom stereocenters. The van der Waals surface area contributed by atoms with Crippen LogP contribution in [-0.2, 0) is 0 Å². The highest BCUT2D eigenvalue weighted by atomic mass is 19.1. The number of carbonyl (C=O) groups is 1. The Morgan fingerprint density at radius 1 is 1.65 bits per heavy atom. The van der Waals surface area contributed by atoms with E-state index in [1.807, 2.05) is 0 Å². The van der Waals surface area contributed by atoms with Gasteiger partial charge in [0.2, 0.25) is 0 Å². The van der Waals surface area contributed by atoms with Gasteiger partial charge in [-0.05, 0) is 18.4 Å². The van der Waals surface area contributed by atoms with Crippen molar-refractivity contribution in [2.45, 2.75) is 13.3 Å². The van der Waals surface area contributed by atoms with Gasteiger partial charge in [0, 0.05) is 20.1 Å². The van der Waals surface area contributed by atoms with Crippen molar-refractivity contribution in [2.24, 2.45) is 5.92 Å². The van der Waals surface area contributed by atoms with Gasteiger partial charge in [-0.15, -0.1) is 0 Å². The van der Waals surface area contributed by atoms with Crippen molar-refractivity contribution in [3.05, 3.63) is 23.6 Å². The Hall–Kier alpha value is -1.65.